The van der Waals surface area contributed by atoms with E-state index in [1.54, 1.807) is 0 Å². The molecule has 0 saturated heterocycles. The molecule has 13 rings (SSSR count). The third-order valence-electron chi connectivity index (χ3n) is 11.9. The zero-order chi connectivity index (χ0) is 36.5. The van der Waals surface area contributed by atoms with Gasteiger partial charge in [0.15, 0.2) is 5.82 Å². The van der Waals surface area contributed by atoms with E-state index in [9.17, 15) is 0 Å². The van der Waals surface area contributed by atoms with Crippen LogP contribution < -0.4 is 0 Å². The van der Waals surface area contributed by atoms with Crippen molar-refractivity contribution in [1.82, 2.24) is 14.5 Å². The van der Waals surface area contributed by atoms with Crippen LogP contribution in [0.15, 0.2) is 176 Å². The van der Waals surface area contributed by atoms with Crippen LogP contribution in [0.5, 0.6) is 0 Å². The van der Waals surface area contributed by atoms with E-state index < -0.39 is 0 Å². The summed E-state index contributed by atoms with van der Waals surface area (Å²) < 4.78 is 4.90. The molecule has 56 heavy (non-hydrogen) atoms. The van der Waals surface area contributed by atoms with Gasteiger partial charge in [0.25, 0.3) is 0 Å². The predicted molar refractivity (Wildman–Crippen MR) is 240 cm³/mol. The van der Waals surface area contributed by atoms with Gasteiger partial charge in [0.1, 0.15) is 5.69 Å². The fraction of sp³-hybridized carbons (Fsp3) is 0. The third kappa shape index (κ3) is 4.01. The van der Waals surface area contributed by atoms with Crippen molar-refractivity contribution in [3.63, 3.8) is 0 Å². The van der Waals surface area contributed by atoms with Crippen molar-refractivity contribution in [1.29, 1.82) is 0 Å². The molecule has 0 bridgehead atoms. The monoisotopic (exact) mass is 727 g/mol. The SMILES string of the molecule is c1ccc2c(c1)ccc1nc(-c3cccc4c3sc3ccccc34)c(-n3c4ccc5ccccc5c4c4c5c6ccccc6c6ccccc6c5ccc43)nc12. The van der Waals surface area contributed by atoms with Crippen molar-refractivity contribution in [3.8, 4) is 17.1 Å². The van der Waals surface area contributed by atoms with E-state index in [0.29, 0.717) is 0 Å². The summed E-state index contributed by atoms with van der Waals surface area (Å²) >= 11 is 1.83. The van der Waals surface area contributed by atoms with Gasteiger partial charge in [-0.1, -0.05) is 152 Å². The lowest BCUT2D eigenvalue weighted by Gasteiger charge is -2.16. The highest BCUT2D eigenvalue weighted by atomic mass is 32.1. The molecule has 0 amide bonds. The number of hydrogen-bond donors (Lipinski definition) is 0. The van der Waals surface area contributed by atoms with Crippen LogP contribution >= 0.6 is 11.3 Å². The Labute approximate surface area is 324 Å². The van der Waals surface area contributed by atoms with E-state index in [1.165, 1.54) is 74.0 Å². The summed E-state index contributed by atoms with van der Waals surface area (Å²) in [6.07, 6.45) is 0. The second kappa shape index (κ2) is 11.2. The lowest BCUT2D eigenvalue weighted by atomic mass is 9.91. The minimum absolute atomic E-state index is 0.832. The Kier molecular flexibility index (Phi) is 6.04. The molecule has 0 saturated carbocycles. The van der Waals surface area contributed by atoms with Crippen LogP contribution in [-0.4, -0.2) is 14.5 Å². The smallest absolute Gasteiger partial charge is 0.165 e. The van der Waals surface area contributed by atoms with Crippen LogP contribution in [0.1, 0.15) is 0 Å². The van der Waals surface area contributed by atoms with Crippen LogP contribution in [0.4, 0.5) is 0 Å². The molecule has 0 atom stereocenters. The maximum atomic E-state index is 5.76. The molecule has 10 aromatic carbocycles. The summed E-state index contributed by atoms with van der Waals surface area (Å²) in [4.78, 5) is 11.4. The van der Waals surface area contributed by atoms with Gasteiger partial charge in [-0.25, -0.2) is 9.97 Å². The average molecular weight is 728 g/mol. The largest absolute Gasteiger partial charge is 0.292 e. The minimum Gasteiger partial charge on any atom is -0.292 e. The van der Waals surface area contributed by atoms with E-state index in [-0.39, 0.29) is 0 Å². The van der Waals surface area contributed by atoms with Gasteiger partial charge < -0.3 is 0 Å². The second-order valence-corrected chi connectivity index (χ2v) is 15.9. The molecule has 0 spiro atoms. The van der Waals surface area contributed by atoms with Gasteiger partial charge in [-0.05, 0) is 67.4 Å². The molecule has 3 aromatic heterocycles. The summed E-state index contributed by atoms with van der Waals surface area (Å²) in [5.41, 5.74) is 5.98. The second-order valence-electron chi connectivity index (χ2n) is 14.8. The molecule has 0 fully saturated rings. The van der Waals surface area contributed by atoms with Gasteiger partial charge in [0.05, 0.1) is 22.1 Å². The zero-order valence-corrected chi connectivity index (χ0v) is 30.8. The molecular formula is C52H29N3S. The standard InChI is InChI=1S/C52H29N3S/c1-3-14-32-30(12-1)25-28-43-47(32)48-44(29-26-39-36-18-6-5-16-34(36)35-17-7-8-20-38(35)46(39)48)55(43)52-50(53-42-27-24-31-13-2-4-15-33(31)49(42)54-52)41-22-11-21-40-37-19-9-10-23-45(37)56-51(40)41/h1-29H. The molecule has 0 N–H and O–H groups in total. The van der Waals surface area contributed by atoms with E-state index in [1.807, 2.05) is 11.3 Å². The Morgan fingerprint density at radius 2 is 0.946 bits per heavy atom. The molecule has 3 nitrogen and oxygen atoms in total. The fourth-order valence-corrected chi connectivity index (χ4v) is 10.8. The number of hydrogen-bond acceptors (Lipinski definition) is 3. The summed E-state index contributed by atoms with van der Waals surface area (Å²) in [6.45, 7) is 0. The van der Waals surface area contributed by atoms with Crippen molar-refractivity contribution in [2.45, 2.75) is 0 Å². The highest BCUT2D eigenvalue weighted by Gasteiger charge is 2.25. The Hall–Kier alpha value is -7.14. The third-order valence-corrected chi connectivity index (χ3v) is 13.2. The van der Waals surface area contributed by atoms with Crippen molar-refractivity contribution in [2.24, 2.45) is 0 Å². The van der Waals surface area contributed by atoms with Gasteiger partial charge >= 0.3 is 0 Å². The van der Waals surface area contributed by atoms with Gasteiger partial charge in [-0.15, -0.1) is 11.3 Å². The van der Waals surface area contributed by atoms with E-state index in [2.05, 4.69) is 180 Å². The molecule has 4 heteroatoms. The fourth-order valence-electron chi connectivity index (χ4n) is 9.54. The average Bonchev–Trinajstić information content (AvgIpc) is 3.82. The lowest BCUT2D eigenvalue weighted by molar-refractivity contribution is 1.08. The van der Waals surface area contributed by atoms with Gasteiger partial charge in [-0.3, -0.25) is 4.57 Å². The van der Waals surface area contributed by atoms with Crippen molar-refractivity contribution in [3.05, 3.63) is 176 Å². The number of nitrogens with zero attached hydrogens (tertiary/aromatic N) is 3. The predicted octanol–water partition coefficient (Wildman–Crippen LogP) is 14.5. The number of rotatable bonds is 2. The van der Waals surface area contributed by atoms with Crippen LogP contribution in [0.2, 0.25) is 0 Å². The Bertz CT molecular complexity index is 3800. The van der Waals surface area contributed by atoms with E-state index >= 15 is 0 Å². The molecule has 0 aliphatic heterocycles. The lowest BCUT2D eigenvalue weighted by Crippen LogP contribution is -2.04. The quantitative estimate of drug-likeness (QED) is 0.166. The number of benzene rings is 10. The Morgan fingerprint density at radius 1 is 0.375 bits per heavy atom. The maximum absolute atomic E-state index is 5.76. The molecule has 3 heterocycles. The van der Waals surface area contributed by atoms with Crippen molar-refractivity contribution < 1.29 is 0 Å². The Balaban J connectivity index is 1.28. The van der Waals surface area contributed by atoms with E-state index in [4.69, 9.17) is 9.97 Å². The highest BCUT2D eigenvalue weighted by molar-refractivity contribution is 7.26. The molecule has 258 valence electrons. The van der Waals surface area contributed by atoms with Gasteiger partial charge in [0, 0.05) is 47.3 Å². The highest BCUT2D eigenvalue weighted by Crippen LogP contribution is 2.47. The molecule has 0 aliphatic rings. The molecule has 0 radical (unpaired) electrons. The summed E-state index contributed by atoms with van der Waals surface area (Å²) in [7, 11) is 0. The maximum Gasteiger partial charge on any atom is 0.165 e. The van der Waals surface area contributed by atoms with Gasteiger partial charge in [-0.2, -0.15) is 0 Å². The topological polar surface area (TPSA) is 30.7 Å². The number of thiophene rings is 1. The van der Waals surface area contributed by atoms with Crippen molar-refractivity contribution >= 4 is 118 Å². The molecule has 13 aromatic rings. The first-order valence-electron chi connectivity index (χ1n) is 19.1. The van der Waals surface area contributed by atoms with Crippen LogP contribution in [0.25, 0.3) is 124 Å². The first-order chi connectivity index (χ1) is 27.8. The summed E-state index contributed by atoms with van der Waals surface area (Å²) in [6, 6.07) is 64.0. The number of aromatic nitrogens is 3. The van der Waals surface area contributed by atoms with Gasteiger partial charge in [0.2, 0.25) is 0 Å². The summed E-state index contributed by atoms with van der Waals surface area (Å²) in [5.74, 6) is 0.832. The normalized spacial score (nSPS) is 12.3. The van der Waals surface area contributed by atoms with Crippen LogP contribution in [0.3, 0.4) is 0 Å². The first-order valence-corrected chi connectivity index (χ1v) is 19.9. The zero-order valence-electron chi connectivity index (χ0n) is 30.0. The molecular weight excluding hydrogens is 699 g/mol. The summed E-state index contributed by atoms with van der Waals surface area (Å²) in [5, 5.41) is 17.2. The Morgan fingerprint density at radius 3 is 1.75 bits per heavy atom. The molecule has 0 aliphatic carbocycles. The first kappa shape index (κ1) is 30.2. The van der Waals surface area contributed by atoms with Crippen LogP contribution in [-0.2, 0) is 0 Å². The molecule has 0 unspecified atom stereocenters. The van der Waals surface area contributed by atoms with Crippen LogP contribution in [0, 0.1) is 0 Å². The minimum atomic E-state index is 0.832. The number of fused-ring (bicyclic) bond motifs is 18. The van der Waals surface area contributed by atoms with Crippen molar-refractivity contribution in [2.75, 3.05) is 0 Å². The van der Waals surface area contributed by atoms with E-state index in [0.717, 1.165) is 49.9 Å².